The number of anilines is 1. The van der Waals surface area contributed by atoms with E-state index in [-0.39, 0.29) is 17.4 Å². The van der Waals surface area contributed by atoms with Crippen molar-refractivity contribution in [2.75, 3.05) is 44.2 Å². The Bertz CT molecular complexity index is 1220. The fraction of sp³-hybridized carbons (Fsp3) is 0.500. The van der Waals surface area contributed by atoms with Crippen LogP contribution >= 0.6 is 0 Å². The van der Waals surface area contributed by atoms with Gasteiger partial charge in [0.25, 0.3) is 5.56 Å². The van der Waals surface area contributed by atoms with Crippen molar-refractivity contribution in [3.8, 4) is 0 Å². The van der Waals surface area contributed by atoms with Crippen molar-refractivity contribution < 1.29 is 4.79 Å². The molecule has 2 aromatic heterocycles. The van der Waals surface area contributed by atoms with Crippen LogP contribution in [-0.2, 0) is 11.3 Å². The number of nitrogens with one attached hydrogen (secondary N) is 1. The van der Waals surface area contributed by atoms with Crippen molar-refractivity contribution in [3.05, 3.63) is 64.1 Å². The van der Waals surface area contributed by atoms with Gasteiger partial charge in [0.2, 0.25) is 5.91 Å². The van der Waals surface area contributed by atoms with Crippen LogP contribution in [0.15, 0.2) is 47.4 Å². The molecule has 192 valence electrons. The van der Waals surface area contributed by atoms with E-state index in [1.54, 1.807) is 10.8 Å². The van der Waals surface area contributed by atoms with E-state index < -0.39 is 0 Å². The summed E-state index contributed by atoms with van der Waals surface area (Å²) in [5.41, 5.74) is 3.30. The summed E-state index contributed by atoms with van der Waals surface area (Å²) in [6.45, 7) is 11.7. The fourth-order valence-electron chi connectivity index (χ4n) is 4.87. The van der Waals surface area contributed by atoms with Gasteiger partial charge in [0, 0.05) is 25.8 Å². The zero-order valence-corrected chi connectivity index (χ0v) is 21.7. The molecule has 0 radical (unpaired) electrons. The number of piperidine rings is 1. The molecular weight excluding hydrogens is 452 g/mol. The first-order chi connectivity index (χ1) is 17.5. The number of fused-ring (bicyclic) bond motifs is 1. The molecule has 3 aromatic rings. The molecule has 1 aliphatic heterocycles. The quantitative estimate of drug-likeness (QED) is 0.440. The molecule has 8 nitrogen and oxygen atoms in total. The second-order valence-corrected chi connectivity index (χ2v) is 9.62. The summed E-state index contributed by atoms with van der Waals surface area (Å²) < 4.78 is 1.71. The summed E-state index contributed by atoms with van der Waals surface area (Å²) in [6.07, 6.45) is 4.30. The van der Waals surface area contributed by atoms with Crippen molar-refractivity contribution >= 4 is 22.9 Å². The highest BCUT2D eigenvalue weighted by molar-refractivity contribution is 5.79. The molecule has 0 spiro atoms. The third-order valence-corrected chi connectivity index (χ3v) is 7.08. The highest BCUT2D eigenvalue weighted by Crippen LogP contribution is 2.22. The molecule has 1 N–H and O–H groups in total. The topological polar surface area (TPSA) is 83.4 Å². The van der Waals surface area contributed by atoms with E-state index in [0.29, 0.717) is 43.2 Å². The molecule has 1 aromatic carbocycles. The summed E-state index contributed by atoms with van der Waals surface area (Å²) >= 11 is 0. The minimum Gasteiger partial charge on any atom is -0.356 e. The monoisotopic (exact) mass is 490 g/mol. The van der Waals surface area contributed by atoms with Crippen LogP contribution in [0, 0.1) is 12.8 Å². The maximum absolute atomic E-state index is 13.7. The van der Waals surface area contributed by atoms with Crippen LogP contribution in [0.1, 0.15) is 44.2 Å². The number of aryl methyl sites for hydroxylation is 1. The summed E-state index contributed by atoms with van der Waals surface area (Å²) in [4.78, 5) is 40.1. The number of nitrogens with zero attached hydrogens (tertiary/aromatic N) is 5. The first-order valence-electron chi connectivity index (χ1n) is 13.2. The number of hydrogen-bond acceptors (Lipinski definition) is 6. The van der Waals surface area contributed by atoms with Crippen LogP contribution in [0.25, 0.3) is 11.2 Å². The molecular formula is C28H38N6O2. The average molecular weight is 491 g/mol. The van der Waals surface area contributed by atoms with Crippen LogP contribution < -0.4 is 15.8 Å². The lowest BCUT2D eigenvalue weighted by atomic mass is 9.97. The molecule has 0 saturated carbocycles. The first kappa shape index (κ1) is 25.8. The third kappa shape index (κ3) is 6.10. The largest absolute Gasteiger partial charge is 0.356 e. The highest BCUT2D eigenvalue weighted by Gasteiger charge is 2.28. The fourth-order valence-corrected chi connectivity index (χ4v) is 4.87. The average Bonchev–Trinajstić information content (AvgIpc) is 2.91. The number of carbonyl (C=O) groups is 1. The third-order valence-electron chi connectivity index (χ3n) is 7.08. The maximum Gasteiger partial charge on any atom is 0.295 e. The van der Waals surface area contributed by atoms with E-state index in [2.05, 4.69) is 29.0 Å². The van der Waals surface area contributed by atoms with Gasteiger partial charge < -0.3 is 15.1 Å². The van der Waals surface area contributed by atoms with Gasteiger partial charge in [-0.2, -0.15) is 0 Å². The van der Waals surface area contributed by atoms with Gasteiger partial charge >= 0.3 is 0 Å². The Morgan fingerprint density at radius 2 is 1.94 bits per heavy atom. The molecule has 1 aliphatic rings. The van der Waals surface area contributed by atoms with Gasteiger partial charge in [-0.05, 0) is 63.5 Å². The lowest BCUT2D eigenvalue weighted by Crippen LogP contribution is -2.46. The second kappa shape index (κ2) is 12.1. The van der Waals surface area contributed by atoms with Crippen molar-refractivity contribution in [3.63, 3.8) is 0 Å². The van der Waals surface area contributed by atoms with Crippen LogP contribution in [0.5, 0.6) is 0 Å². The number of aromatic nitrogens is 3. The number of rotatable bonds is 10. The maximum atomic E-state index is 13.7. The van der Waals surface area contributed by atoms with Crippen LogP contribution in [-0.4, -0.2) is 64.6 Å². The molecule has 8 heteroatoms. The van der Waals surface area contributed by atoms with Gasteiger partial charge in [-0.15, -0.1) is 0 Å². The highest BCUT2D eigenvalue weighted by atomic mass is 16.2. The lowest BCUT2D eigenvalue weighted by Gasteiger charge is -2.32. The zero-order chi connectivity index (χ0) is 25.5. The Balaban J connectivity index is 1.51. The zero-order valence-electron chi connectivity index (χ0n) is 21.7. The van der Waals surface area contributed by atoms with Gasteiger partial charge in [-0.1, -0.05) is 43.7 Å². The van der Waals surface area contributed by atoms with Crippen LogP contribution in [0.2, 0.25) is 0 Å². The van der Waals surface area contributed by atoms with Gasteiger partial charge in [0.15, 0.2) is 11.5 Å². The first-order valence-corrected chi connectivity index (χ1v) is 13.2. The Morgan fingerprint density at radius 3 is 2.69 bits per heavy atom. The molecule has 3 heterocycles. The minimum absolute atomic E-state index is 0.0710. The van der Waals surface area contributed by atoms with Crippen LogP contribution in [0.3, 0.4) is 0 Å². The van der Waals surface area contributed by atoms with E-state index in [9.17, 15) is 9.59 Å². The van der Waals surface area contributed by atoms with E-state index in [4.69, 9.17) is 4.98 Å². The predicted octanol–water partition coefficient (Wildman–Crippen LogP) is 3.21. The Hall–Kier alpha value is -3.26. The Labute approximate surface area is 213 Å². The smallest absolute Gasteiger partial charge is 0.295 e. The molecule has 1 saturated heterocycles. The number of carbonyl (C=O) groups excluding carboxylic acids is 1. The van der Waals surface area contributed by atoms with E-state index in [1.807, 2.05) is 48.2 Å². The SMILES string of the molecule is CCN(CC)CCCNC(=O)[C@H]1CCCN(c2nc3cccnc3n(Cc3ccc(C)cc3)c2=O)C1. The second-order valence-electron chi connectivity index (χ2n) is 9.62. The molecule has 4 rings (SSSR count). The lowest BCUT2D eigenvalue weighted by molar-refractivity contribution is -0.125. The van der Waals surface area contributed by atoms with Gasteiger partial charge in [-0.25, -0.2) is 9.97 Å². The minimum atomic E-state index is -0.165. The molecule has 36 heavy (non-hydrogen) atoms. The summed E-state index contributed by atoms with van der Waals surface area (Å²) in [5, 5.41) is 3.11. The summed E-state index contributed by atoms with van der Waals surface area (Å²) in [7, 11) is 0. The molecule has 1 fully saturated rings. The van der Waals surface area contributed by atoms with Crippen LogP contribution in [0.4, 0.5) is 5.82 Å². The molecule has 0 unspecified atom stereocenters. The van der Waals surface area contributed by atoms with Crippen molar-refractivity contribution in [2.45, 2.75) is 46.6 Å². The van der Waals surface area contributed by atoms with Crippen molar-refractivity contribution in [2.24, 2.45) is 5.92 Å². The summed E-state index contributed by atoms with van der Waals surface area (Å²) in [6, 6.07) is 11.9. The Kier molecular flexibility index (Phi) is 8.70. The predicted molar refractivity (Wildman–Crippen MR) is 144 cm³/mol. The number of pyridine rings is 1. The number of hydrogen-bond donors (Lipinski definition) is 1. The number of benzene rings is 1. The van der Waals surface area contributed by atoms with Crippen molar-refractivity contribution in [1.82, 2.24) is 24.8 Å². The van der Waals surface area contributed by atoms with Gasteiger partial charge in [-0.3, -0.25) is 14.2 Å². The summed E-state index contributed by atoms with van der Waals surface area (Å²) in [5.74, 6) is 0.326. The Morgan fingerprint density at radius 1 is 1.17 bits per heavy atom. The standard InChI is InChI=1S/C28H38N6O2/c1-4-32(5-2)17-8-16-30-27(35)23-9-7-18-33(20-23)26-28(36)34(19-22-13-11-21(3)12-14-22)25-24(31-26)10-6-15-29-25/h6,10-15,23H,4-5,7-9,16-20H2,1-3H3,(H,30,35)/t23-/m0/s1. The van der Waals surface area contributed by atoms with Gasteiger partial charge in [0.1, 0.15) is 5.52 Å². The molecule has 1 atom stereocenters. The number of amides is 1. The van der Waals surface area contributed by atoms with E-state index >= 15 is 0 Å². The van der Waals surface area contributed by atoms with E-state index in [0.717, 1.165) is 44.5 Å². The normalized spacial score (nSPS) is 16.0. The molecule has 1 amide bonds. The molecule has 0 aliphatic carbocycles. The van der Waals surface area contributed by atoms with E-state index in [1.165, 1.54) is 5.56 Å². The van der Waals surface area contributed by atoms with Gasteiger partial charge in [0.05, 0.1) is 12.5 Å². The molecule has 0 bridgehead atoms. The van der Waals surface area contributed by atoms with Crippen molar-refractivity contribution in [1.29, 1.82) is 0 Å².